The summed E-state index contributed by atoms with van der Waals surface area (Å²) in [7, 11) is 0. The summed E-state index contributed by atoms with van der Waals surface area (Å²) in [6, 6.07) is 0. The standard InChI is InChI=1S/C6H9NO4/c8-1-2-10-6-7-5(3-9)4-11-6/h4,8-9H,1-3H2. The lowest BCUT2D eigenvalue weighted by Gasteiger charge is -1.94. The minimum Gasteiger partial charge on any atom is -0.448 e. The molecule has 5 heteroatoms. The molecule has 0 aliphatic rings. The van der Waals surface area contributed by atoms with Gasteiger partial charge in [0.1, 0.15) is 18.6 Å². The third-order valence-electron chi connectivity index (χ3n) is 1.01. The van der Waals surface area contributed by atoms with Crippen LogP contribution in [-0.2, 0) is 6.61 Å². The second-order valence-electron chi connectivity index (χ2n) is 1.83. The second kappa shape index (κ2) is 3.95. The number of oxazole rings is 1. The lowest BCUT2D eigenvalue weighted by Crippen LogP contribution is -2.01. The van der Waals surface area contributed by atoms with E-state index in [2.05, 4.69) is 4.98 Å². The number of hydrogen-bond acceptors (Lipinski definition) is 5. The van der Waals surface area contributed by atoms with Gasteiger partial charge in [0.2, 0.25) is 0 Å². The van der Waals surface area contributed by atoms with Crippen LogP contribution in [0.4, 0.5) is 0 Å². The van der Waals surface area contributed by atoms with Crippen molar-refractivity contribution in [1.29, 1.82) is 0 Å². The van der Waals surface area contributed by atoms with Crippen LogP contribution in [0.1, 0.15) is 5.69 Å². The molecule has 0 aliphatic carbocycles. The minimum absolute atomic E-state index is 0.0723. The first-order valence-electron chi connectivity index (χ1n) is 3.15. The molecule has 0 fully saturated rings. The Balaban J connectivity index is 2.44. The number of ether oxygens (including phenoxy) is 1. The van der Waals surface area contributed by atoms with Gasteiger partial charge >= 0.3 is 6.08 Å². The summed E-state index contributed by atoms with van der Waals surface area (Å²) in [5.74, 6) is 0. The third kappa shape index (κ3) is 2.21. The van der Waals surface area contributed by atoms with Gasteiger partial charge < -0.3 is 19.4 Å². The third-order valence-corrected chi connectivity index (χ3v) is 1.01. The van der Waals surface area contributed by atoms with Crippen molar-refractivity contribution >= 4 is 0 Å². The van der Waals surface area contributed by atoms with Crippen molar-refractivity contribution < 1.29 is 19.4 Å². The Morgan fingerprint density at radius 2 is 2.36 bits per heavy atom. The van der Waals surface area contributed by atoms with Crippen LogP contribution < -0.4 is 4.74 Å². The smallest absolute Gasteiger partial charge is 0.393 e. The average Bonchev–Trinajstić information content (AvgIpc) is 2.48. The van der Waals surface area contributed by atoms with E-state index in [0.29, 0.717) is 5.69 Å². The van der Waals surface area contributed by atoms with E-state index >= 15 is 0 Å². The molecule has 0 radical (unpaired) electrons. The summed E-state index contributed by atoms with van der Waals surface area (Å²) >= 11 is 0. The fourth-order valence-electron chi connectivity index (χ4n) is 0.560. The quantitative estimate of drug-likeness (QED) is 0.621. The van der Waals surface area contributed by atoms with E-state index in [-0.39, 0.29) is 25.9 Å². The summed E-state index contributed by atoms with van der Waals surface area (Å²) in [6.45, 7) is -0.117. The normalized spacial score (nSPS) is 10.0. The van der Waals surface area contributed by atoms with Gasteiger partial charge in [-0.05, 0) is 0 Å². The van der Waals surface area contributed by atoms with E-state index in [9.17, 15) is 0 Å². The lowest BCUT2D eigenvalue weighted by atomic mass is 10.5. The van der Waals surface area contributed by atoms with Crippen molar-refractivity contribution in [2.24, 2.45) is 0 Å². The molecule has 0 atom stereocenters. The molecule has 1 heterocycles. The summed E-state index contributed by atoms with van der Waals surface area (Å²) in [5.41, 5.74) is 0.415. The molecule has 0 spiro atoms. The number of aliphatic hydroxyl groups excluding tert-OH is 2. The van der Waals surface area contributed by atoms with Crippen LogP contribution in [0.25, 0.3) is 0 Å². The minimum atomic E-state index is -0.175. The van der Waals surface area contributed by atoms with E-state index in [1.807, 2.05) is 0 Å². The Morgan fingerprint density at radius 3 is 2.91 bits per heavy atom. The molecule has 1 rings (SSSR count). The van der Waals surface area contributed by atoms with Gasteiger partial charge in [-0.1, -0.05) is 0 Å². The molecule has 0 aromatic carbocycles. The Labute approximate surface area is 63.2 Å². The molecular weight excluding hydrogens is 150 g/mol. The predicted octanol–water partition coefficient (Wildman–Crippen LogP) is -0.462. The number of hydrogen-bond donors (Lipinski definition) is 2. The van der Waals surface area contributed by atoms with Gasteiger partial charge in [0.15, 0.2) is 0 Å². The summed E-state index contributed by atoms with van der Waals surface area (Å²) < 4.78 is 9.55. The largest absolute Gasteiger partial charge is 0.448 e. The van der Waals surface area contributed by atoms with Crippen LogP contribution in [0.2, 0.25) is 0 Å². The average molecular weight is 159 g/mol. The molecule has 0 saturated carbocycles. The first-order valence-corrected chi connectivity index (χ1v) is 3.15. The van der Waals surface area contributed by atoms with E-state index in [4.69, 9.17) is 19.4 Å². The highest BCUT2D eigenvalue weighted by atomic mass is 16.6. The SMILES string of the molecule is OCCOc1nc(CO)co1. The Bertz CT molecular complexity index is 210. The van der Waals surface area contributed by atoms with E-state index in [0.717, 1.165) is 0 Å². The second-order valence-corrected chi connectivity index (χ2v) is 1.83. The van der Waals surface area contributed by atoms with E-state index in [1.165, 1.54) is 6.26 Å². The topological polar surface area (TPSA) is 75.7 Å². The molecule has 0 bridgehead atoms. The van der Waals surface area contributed by atoms with Crippen molar-refractivity contribution in [3.05, 3.63) is 12.0 Å². The molecule has 2 N–H and O–H groups in total. The Kier molecular flexibility index (Phi) is 2.88. The van der Waals surface area contributed by atoms with Crippen LogP contribution in [-0.4, -0.2) is 28.4 Å². The lowest BCUT2D eigenvalue weighted by molar-refractivity contribution is 0.165. The maximum Gasteiger partial charge on any atom is 0.393 e. The molecule has 0 saturated heterocycles. The van der Waals surface area contributed by atoms with E-state index < -0.39 is 0 Å². The highest BCUT2D eigenvalue weighted by Gasteiger charge is 2.01. The molecule has 62 valence electrons. The fourth-order valence-corrected chi connectivity index (χ4v) is 0.560. The zero-order chi connectivity index (χ0) is 8.10. The molecule has 5 nitrogen and oxygen atoms in total. The van der Waals surface area contributed by atoms with Gasteiger partial charge in [-0.15, -0.1) is 0 Å². The first-order chi connectivity index (χ1) is 5.36. The zero-order valence-corrected chi connectivity index (χ0v) is 5.86. The van der Waals surface area contributed by atoms with Gasteiger partial charge in [-0.25, -0.2) is 0 Å². The zero-order valence-electron chi connectivity index (χ0n) is 5.86. The van der Waals surface area contributed by atoms with Crippen LogP contribution in [0.3, 0.4) is 0 Å². The molecule has 11 heavy (non-hydrogen) atoms. The summed E-state index contributed by atoms with van der Waals surface area (Å²) in [6.07, 6.45) is 1.37. The Morgan fingerprint density at radius 1 is 1.55 bits per heavy atom. The molecule has 1 aromatic heterocycles. The monoisotopic (exact) mass is 159 g/mol. The van der Waals surface area contributed by atoms with Crippen molar-refractivity contribution in [3.63, 3.8) is 0 Å². The highest BCUT2D eigenvalue weighted by Crippen LogP contribution is 2.08. The number of aromatic nitrogens is 1. The number of nitrogens with zero attached hydrogens (tertiary/aromatic N) is 1. The van der Waals surface area contributed by atoms with Crippen molar-refractivity contribution in [2.45, 2.75) is 6.61 Å². The van der Waals surface area contributed by atoms with Crippen LogP contribution >= 0.6 is 0 Å². The Hall–Kier alpha value is -1.07. The maximum atomic E-state index is 8.55. The molecule has 0 unspecified atom stereocenters. The van der Waals surface area contributed by atoms with Gasteiger partial charge in [0.05, 0.1) is 13.2 Å². The fraction of sp³-hybridized carbons (Fsp3) is 0.500. The van der Waals surface area contributed by atoms with Crippen molar-refractivity contribution in [2.75, 3.05) is 13.2 Å². The number of aliphatic hydroxyl groups is 2. The van der Waals surface area contributed by atoms with Gasteiger partial charge in [-0.2, -0.15) is 4.98 Å². The molecule has 0 aliphatic heterocycles. The first kappa shape index (κ1) is 8.03. The van der Waals surface area contributed by atoms with Crippen LogP contribution in [0.15, 0.2) is 10.7 Å². The summed E-state index contributed by atoms with van der Waals surface area (Å²) in [5, 5.41) is 16.9. The maximum absolute atomic E-state index is 8.55. The predicted molar refractivity (Wildman–Crippen MR) is 35.0 cm³/mol. The van der Waals surface area contributed by atoms with Gasteiger partial charge in [0, 0.05) is 0 Å². The molecule has 0 amide bonds. The van der Waals surface area contributed by atoms with Gasteiger partial charge in [0.25, 0.3) is 0 Å². The molecular formula is C6H9NO4. The molecule has 1 aromatic rings. The van der Waals surface area contributed by atoms with Crippen LogP contribution in [0, 0.1) is 0 Å². The van der Waals surface area contributed by atoms with Gasteiger partial charge in [-0.3, -0.25) is 0 Å². The van der Waals surface area contributed by atoms with Crippen molar-refractivity contribution in [1.82, 2.24) is 4.98 Å². The van der Waals surface area contributed by atoms with Crippen molar-refractivity contribution in [3.8, 4) is 6.08 Å². The summed E-state index contributed by atoms with van der Waals surface area (Å²) in [4.78, 5) is 3.72. The number of rotatable bonds is 4. The van der Waals surface area contributed by atoms with E-state index in [1.54, 1.807) is 0 Å². The highest BCUT2D eigenvalue weighted by molar-refractivity contribution is 4.97. The van der Waals surface area contributed by atoms with Crippen LogP contribution in [0.5, 0.6) is 6.08 Å².